The Morgan fingerprint density at radius 3 is 3.00 bits per heavy atom. The summed E-state index contributed by atoms with van der Waals surface area (Å²) in [7, 11) is 0. The van der Waals surface area contributed by atoms with Crippen LogP contribution in [-0.2, 0) is 9.53 Å². The summed E-state index contributed by atoms with van der Waals surface area (Å²) >= 11 is 0. The van der Waals surface area contributed by atoms with Crippen molar-refractivity contribution in [3.63, 3.8) is 0 Å². The molecule has 0 spiro atoms. The number of nitriles is 1. The minimum atomic E-state index is -0.442. The van der Waals surface area contributed by atoms with E-state index in [4.69, 9.17) is 10.00 Å². The van der Waals surface area contributed by atoms with Crippen LogP contribution in [0, 0.1) is 17.2 Å². The average Bonchev–Trinajstić information content (AvgIpc) is 2.67. The van der Waals surface area contributed by atoms with Crippen LogP contribution in [0.1, 0.15) is 6.42 Å². The molecule has 10 heavy (non-hydrogen) atoms. The second kappa shape index (κ2) is 2.53. The Kier molecular flexibility index (Phi) is 1.72. The number of rotatable bonds is 2. The first-order chi connectivity index (χ1) is 4.77. The fourth-order valence-electron chi connectivity index (χ4n) is 0.635. The standard InChI is InChI=1S/C7H7NO2/c1-2-7(9)10-6-3-5(6)4-8/h2,5-6H,1,3H2. The Morgan fingerprint density at radius 2 is 2.60 bits per heavy atom. The molecule has 3 nitrogen and oxygen atoms in total. The predicted molar refractivity (Wildman–Crippen MR) is 33.8 cm³/mol. The van der Waals surface area contributed by atoms with E-state index in [-0.39, 0.29) is 12.0 Å². The molecule has 0 saturated heterocycles. The Hall–Kier alpha value is -1.30. The van der Waals surface area contributed by atoms with Gasteiger partial charge in [-0.2, -0.15) is 5.26 Å². The van der Waals surface area contributed by atoms with Gasteiger partial charge >= 0.3 is 5.97 Å². The molecule has 1 aliphatic carbocycles. The smallest absolute Gasteiger partial charge is 0.330 e. The van der Waals surface area contributed by atoms with Gasteiger partial charge in [0.1, 0.15) is 6.10 Å². The number of carbonyl (C=O) groups is 1. The van der Waals surface area contributed by atoms with Crippen molar-refractivity contribution in [2.24, 2.45) is 5.92 Å². The first-order valence-corrected chi connectivity index (χ1v) is 3.00. The van der Waals surface area contributed by atoms with Crippen molar-refractivity contribution in [3.8, 4) is 6.07 Å². The lowest BCUT2D eigenvalue weighted by Gasteiger charge is -1.94. The lowest BCUT2D eigenvalue weighted by Crippen LogP contribution is -2.03. The molecule has 52 valence electrons. The summed E-state index contributed by atoms with van der Waals surface area (Å²) in [6.45, 7) is 3.23. The van der Waals surface area contributed by atoms with Crippen LogP contribution in [0.4, 0.5) is 0 Å². The minimum absolute atomic E-state index is 0.0797. The lowest BCUT2D eigenvalue weighted by molar-refractivity contribution is -0.139. The van der Waals surface area contributed by atoms with Crippen LogP contribution in [0.15, 0.2) is 12.7 Å². The van der Waals surface area contributed by atoms with Gasteiger partial charge in [0.25, 0.3) is 0 Å². The molecule has 2 unspecified atom stereocenters. The molecule has 0 aliphatic heterocycles. The molecule has 0 bridgehead atoms. The molecule has 1 saturated carbocycles. The quantitative estimate of drug-likeness (QED) is 0.414. The van der Waals surface area contributed by atoms with Crippen molar-refractivity contribution in [1.29, 1.82) is 5.26 Å². The van der Waals surface area contributed by atoms with E-state index in [1.807, 2.05) is 6.07 Å². The van der Waals surface area contributed by atoms with Gasteiger partial charge in [-0.15, -0.1) is 0 Å². The molecule has 1 rings (SSSR count). The van der Waals surface area contributed by atoms with Crippen molar-refractivity contribution < 1.29 is 9.53 Å². The first kappa shape index (κ1) is 6.81. The molecule has 3 heteroatoms. The molecule has 0 N–H and O–H groups in total. The highest BCUT2D eigenvalue weighted by Crippen LogP contribution is 2.32. The minimum Gasteiger partial charge on any atom is -0.458 e. The van der Waals surface area contributed by atoms with Crippen molar-refractivity contribution in [2.45, 2.75) is 12.5 Å². The number of hydrogen-bond donors (Lipinski definition) is 0. The Bertz CT molecular complexity index is 204. The number of esters is 1. The van der Waals surface area contributed by atoms with Gasteiger partial charge in [-0.25, -0.2) is 4.79 Å². The molecule has 2 atom stereocenters. The fraction of sp³-hybridized carbons (Fsp3) is 0.429. The third-order valence-electron chi connectivity index (χ3n) is 1.33. The third kappa shape index (κ3) is 1.35. The zero-order chi connectivity index (χ0) is 7.56. The van der Waals surface area contributed by atoms with Gasteiger partial charge in [-0.05, 0) is 0 Å². The maximum atomic E-state index is 10.5. The first-order valence-electron chi connectivity index (χ1n) is 3.00. The number of hydrogen-bond acceptors (Lipinski definition) is 3. The van der Waals surface area contributed by atoms with Crippen molar-refractivity contribution >= 4 is 5.97 Å². The molecule has 0 aromatic heterocycles. The molecule has 1 fully saturated rings. The van der Waals surface area contributed by atoms with E-state index in [0.29, 0.717) is 6.42 Å². The van der Waals surface area contributed by atoms with E-state index in [1.165, 1.54) is 0 Å². The number of nitrogens with zero attached hydrogens (tertiary/aromatic N) is 1. The second-order valence-electron chi connectivity index (χ2n) is 2.15. The summed E-state index contributed by atoms with van der Waals surface area (Å²) < 4.78 is 4.73. The number of ether oxygens (including phenoxy) is 1. The van der Waals surface area contributed by atoms with Crippen molar-refractivity contribution in [3.05, 3.63) is 12.7 Å². The zero-order valence-corrected chi connectivity index (χ0v) is 5.41. The van der Waals surface area contributed by atoms with Crippen LogP contribution >= 0.6 is 0 Å². The highest BCUT2D eigenvalue weighted by molar-refractivity contribution is 5.81. The second-order valence-corrected chi connectivity index (χ2v) is 2.15. The Balaban J connectivity index is 2.25. The SMILES string of the molecule is C=CC(=O)OC1CC1C#N. The molecule has 0 radical (unpaired) electrons. The summed E-state index contributed by atoms with van der Waals surface area (Å²) in [5.74, 6) is -0.522. The van der Waals surface area contributed by atoms with E-state index in [2.05, 4.69) is 6.58 Å². The normalized spacial score (nSPS) is 28.3. The van der Waals surface area contributed by atoms with E-state index >= 15 is 0 Å². The zero-order valence-electron chi connectivity index (χ0n) is 5.41. The maximum absolute atomic E-state index is 10.5. The maximum Gasteiger partial charge on any atom is 0.330 e. The van der Waals surface area contributed by atoms with Crippen LogP contribution in [0.3, 0.4) is 0 Å². The summed E-state index contributed by atoms with van der Waals surface area (Å²) in [5.41, 5.74) is 0. The van der Waals surface area contributed by atoms with Gasteiger partial charge in [0.15, 0.2) is 0 Å². The molecule has 0 amide bonds. The van der Waals surface area contributed by atoms with E-state index in [0.717, 1.165) is 6.08 Å². The summed E-state index contributed by atoms with van der Waals surface area (Å²) in [4.78, 5) is 10.5. The van der Waals surface area contributed by atoms with Gasteiger partial charge in [-0.3, -0.25) is 0 Å². The summed E-state index contributed by atoms with van der Waals surface area (Å²) in [5, 5.41) is 8.29. The van der Waals surface area contributed by atoms with Gasteiger partial charge in [0.2, 0.25) is 0 Å². The molecule has 0 aromatic rings. The topological polar surface area (TPSA) is 50.1 Å². The predicted octanol–water partition coefficient (Wildman–Crippen LogP) is 0.628. The van der Waals surface area contributed by atoms with Crippen LogP contribution in [-0.4, -0.2) is 12.1 Å². The fourth-order valence-corrected chi connectivity index (χ4v) is 0.635. The van der Waals surface area contributed by atoms with Gasteiger partial charge in [0.05, 0.1) is 12.0 Å². The van der Waals surface area contributed by atoms with Gasteiger partial charge in [0, 0.05) is 12.5 Å². The monoisotopic (exact) mass is 137 g/mol. The highest BCUT2D eigenvalue weighted by atomic mass is 16.5. The molecule has 0 heterocycles. The largest absolute Gasteiger partial charge is 0.458 e. The van der Waals surface area contributed by atoms with Crippen LogP contribution in [0.2, 0.25) is 0 Å². The summed E-state index contributed by atoms with van der Waals surface area (Å²) in [6, 6.07) is 2.01. The Labute approximate surface area is 58.9 Å². The number of carbonyl (C=O) groups excluding carboxylic acids is 1. The van der Waals surface area contributed by atoms with E-state index in [1.54, 1.807) is 0 Å². The van der Waals surface area contributed by atoms with E-state index < -0.39 is 5.97 Å². The van der Waals surface area contributed by atoms with Crippen molar-refractivity contribution in [1.82, 2.24) is 0 Å². The molecular formula is C7H7NO2. The van der Waals surface area contributed by atoms with Gasteiger partial charge < -0.3 is 4.74 Å². The summed E-state index contributed by atoms with van der Waals surface area (Å²) in [6.07, 6.45) is 1.61. The third-order valence-corrected chi connectivity index (χ3v) is 1.33. The lowest BCUT2D eigenvalue weighted by atomic mass is 10.5. The average molecular weight is 137 g/mol. The van der Waals surface area contributed by atoms with Crippen molar-refractivity contribution in [2.75, 3.05) is 0 Å². The molecular weight excluding hydrogens is 130 g/mol. The van der Waals surface area contributed by atoms with Crippen LogP contribution in [0.5, 0.6) is 0 Å². The van der Waals surface area contributed by atoms with E-state index in [9.17, 15) is 4.79 Å². The molecule has 0 aromatic carbocycles. The van der Waals surface area contributed by atoms with Crippen LogP contribution < -0.4 is 0 Å². The Morgan fingerprint density at radius 1 is 1.90 bits per heavy atom. The molecule has 1 aliphatic rings. The van der Waals surface area contributed by atoms with Crippen LogP contribution in [0.25, 0.3) is 0 Å². The van der Waals surface area contributed by atoms with Gasteiger partial charge in [-0.1, -0.05) is 6.58 Å². The highest BCUT2D eigenvalue weighted by Gasteiger charge is 2.40.